The SMILES string of the molecule is CCN(CC)C1CC1N(C)CN(C)C(C)O. The van der Waals surface area contributed by atoms with E-state index in [9.17, 15) is 5.11 Å². The minimum atomic E-state index is -0.367. The monoisotopic (exact) mass is 229 g/mol. The lowest BCUT2D eigenvalue weighted by atomic mass is 10.4. The highest BCUT2D eigenvalue weighted by Crippen LogP contribution is 2.32. The van der Waals surface area contributed by atoms with Gasteiger partial charge in [-0.1, -0.05) is 13.8 Å². The van der Waals surface area contributed by atoms with Crippen molar-refractivity contribution < 1.29 is 5.11 Å². The Morgan fingerprint density at radius 2 is 1.75 bits per heavy atom. The third kappa shape index (κ3) is 3.42. The molecule has 0 radical (unpaired) electrons. The predicted molar refractivity (Wildman–Crippen MR) is 67.2 cm³/mol. The van der Waals surface area contributed by atoms with Crippen molar-refractivity contribution in [3.63, 3.8) is 0 Å². The van der Waals surface area contributed by atoms with Gasteiger partial charge in [0.25, 0.3) is 0 Å². The fourth-order valence-corrected chi connectivity index (χ4v) is 2.30. The molecule has 1 rings (SSSR count). The number of aliphatic hydroxyl groups is 1. The lowest BCUT2D eigenvalue weighted by Crippen LogP contribution is -2.41. The quantitative estimate of drug-likeness (QED) is 0.649. The summed E-state index contributed by atoms with van der Waals surface area (Å²) < 4.78 is 0. The Balaban J connectivity index is 2.33. The van der Waals surface area contributed by atoms with E-state index < -0.39 is 0 Å². The zero-order valence-corrected chi connectivity index (χ0v) is 11.3. The number of hydrogen-bond acceptors (Lipinski definition) is 4. The van der Waals surface area contributed by atoms with Crippen LogP contribution in [0.25, 0.3) is 0 Å². The summed E-state index contributed by atoms with van der Waals surface area (Å²) >= 11 is 0. The molecule has 96 valence electrons. The van der Waals surface area contributed by atoms with Crippen LogP contribution in [-0.4, -0.2) is 72.0 Å². The van der Waals surface area contributed by atoms with E-state index in [0.717, 1.165) is 25.8 Å². The average Bonchev–Trinajstić information content (AvgIpc) is 2.99. The van der Waals surface area contributed by atoms with Gasteiger partial charge in [0.2, 0.25) is 0 Å². The lowest BCUT2D eigenvalue weighted by molar-refractivity contribution is 0.00280. The molecular formula is C12H27N3O. The third-order valence-corrected chi connectivity index (χ3v) is 3.66. The van der Waals surface area contributed by atoms with Crippen LogP contribution in [0.15, 0.2) is 0 Å². The van der Waals surface area contributed by atoms with E-state index in [2.05, 4.69) is 30.7 Å². The van der Waals surface area contributed by atoms with Crippen LogP contribution in [0.3, 0.4) is 0 Å². The molecule has 1 aliphatic carbocycles. The van der Waals surface area contributed by atoms with Crippen LogP contribution in [0.1, 0.15) is 27.2 Å². The number of rotatable bonds is 7. The van der Waals surface area contributed by atoms with Crippen molar-refractivity contribution in [1.29, 1.82) is 0 Å². The van der Waals surface area contributed by atoms with Crippen molar-refractivity contribution in [3.05, 3.63) is 0 Å². The fraction of sp³-hybridized carbons (Fsp3) is 1.00. The molecule has 0 saturated heterocycles. The molecule has 1 saturated carbocycles. The summed E-state index contributed by atoms with van der Waals surface area (Å²) in [4.78, 5) is 6.82. The van der Waals surface area contributed by atoms with E-state index in [1.165, 1.54) is 6.42 Å². The van der Waals surface area contributed by atoms with Gasteiger partial charge in [-0.3, -0.25) is 14.7 Å². The number of likely N-dealkylation sites (N-methyl/N-ethyl adjacent to an activating group) is 2. The van der Waals surface area contributed by atoms with E-state index in [-0.39, 0.29) is 6.23 Å². The highest BCUT2D eigenvalue weighted by atomic mass is 16.3. The summed E-state index contributed by atoms with van der Waals surface area (Å²) in [6, 6.07) is 1.39. The maximum atomic E-state index is 9.43. The molecule has 0 aromatic carbocycles. The maximum absolute atomic E-state index is 9.43. The summed E-state index contributed by atoms with van der Waals surface area (Å²) in [5, 5.41) is 9.43. The van der Waals surface area contributed by atoms with Crippen LogP contribution in [0.4, 0.5) is 0 Å². The first kappa shape index (κ1) is 13.9. The standard InChI is InChI=1S/C12H27N3O/c1-6-15(7-2)12-8-11(12)14(5)9-13(4)10(3)16/h10-12,16H,6-9H2,1-5H3. The smallest absolute Gasteiger partial charge is 0.105 e. The molecule has 0 amide bonds. The Labute approximate surface area is 99.8 Å². The normalized spacial score (nSPS) is 26.8. The van der Waals surface area contributed by atoms with E-state index in [4.69, 9.17) is 0 Å². The molecule has 1 N–H and O–H groups in total. The van der Waals surface area contributed by atoms with Crippen LogP contribution in [-0.2, 0) is 0 Å². The van der Waals surface area contributed by atoms with Gasteiger partial charge in [-0.2, -0.15) is 0 Å². The summed E-state index contributed by atoms with van der Waals surface area (Å²) in [6.45, 7) is 9.36. The Morgan fingerprint density at radius 3 is 2.19 bits per heavy atom. The Hall–Kier alpha value is -0.160. The van der Waals surface area contributed by atoms with Gasteiger partial charge in [0.1, 0.15) is 6.23 Å². The van der Waals surface area contributed by atoms with Crippen LogP contribution in [0, 0.1) is 0 Å². The zero-order valence-electron chi connectivity index (χ0n) is 11.3. The summed E-state index contributed by atoms with van der Waals surface area (Å²) in [5.41, 5.74) is 0. The van der Waals surface area contributed by atoms with E-state index in [1.807, 2.05) is 18.9 Å². The van der Waals surface area contributed by atoms with Crippen molar-refractivity contribution >= 4 is 0 Å². The number of nitrogens with zero attached hydrogens (tertiary/aromatic N) is 3. The summed E-state index contributed by atoms with van der Waals surface area (Å²) in [5.74, 6) is 0. The first-order chi connectivity index (χ1) is 7.51. The molecule has 0 heterocycles. The lowest BCUT2D eigenvalue weighted by Gasteiger charge is -2.28. The molecule has 0 bridgehead atoms. The molecule has 0 aromatic rings. The highest BCUT2D eigenvalue weighted by Gasteiger charge is 2.43. The van der Waals surface area contributed by atoms with Crippen molar-refractivity contribution in [2.45, 2.75) is 45.5 Å². The fourth-order valence-electron chi connectivity index (χ4n) is 2.30. The van der Waals surface area contributed by atoms with Gasteiger partial charge in [-0.25, -0.2) is 0 Å². The van der Waals surface area contributed by atoms with Crippen LogP contribution >= 0.6 is 0 Å². The molecule has 0 aliphatic heterocycles. The minimum Gasteiger partial charge on any atom is -0.379 e. The van der Waals surface area contributed by atoms with E-state index in [1.54, 1.807) is 0 Å². The van der Waals surface area contributed by atoms with Crippen molar-refractivity contribution in [3.8, 4) is 0 Å². The largest absolute Gasteiger partial charge is 0.379 e. The predicted octanol–water partition coefficient (Wildman–Crippen LogP) is 0.629. The maximum Gasteiger partial charge on any atom is 0.105 e. The van der Waals surface area contributed by atoms with Crippen molar-refractivity contribution in [2.75, 3.05) is 33.9 Å². The van der Waals surface area contributed by atoms with Gasteiger partial charge in [0, 0.05) is 12.1 Å². The Bertz CT molecular complexity index is 206. The zero-order chi connectivity index (χ0) is 12.3. The first-order valence-corrected chi connectivity index (χ1v) is 6.33. The van der Waals surface area contributed by atoms with Crippen LogP contribution < -0.4 is 0 Å². The molecule has 16 heavy (non-hydrogen) atoms. The molecule has 0 aromatic heterocycles. The van der Waals surface area contributed by atoms with Gasteiger partial charge in [0.15, 0.2) is 0 Å². The molecule has 1 fully saturated rings. The minimum absolute atomic E-state index is 0.367. The molecular weight excluding hydrogens is 202 g/mol. The van der Waals surface area contributed by atoms with Gasteiger partial charge in [-0.15, -0.1) is 0 Å². The van der Waals surface area contributed by atoms with Gasteiger partial charge >= 0.3 is 0 Å². The number of hydrogen-bond donors (Lipinski definition) is 1. The summed E-state index contributed by atoms with van der Waals surface area (Å²) in [7, 11) is 4.10. The Morgan fingerprint density at radius 1 is 1.19 bits per heavy atom. The van der Waals surface area contributed by atoms with Gasteiger partial charge in [-0.05, 0) is 40.5 Å². The topological polar surface area (TPSA) is 30.0 Å². The molecule has 0 spiro atoms. The van der Waals surface area contributed by atoms with E-state index >= 15 is 0 Å². The second kappa shape index (κ2) is 5.96. The van der Waals surface area contributed by atoms with Gasteiger partial charge in [0.05, 0.1) is 6.67 Å². The van der Waals surface area contributed by atoms with Crippen molar-refractivity contribution in [2.24, 2.45) is 0 Å². The molecule has 4 heteroatoms. The third-order valence-electron chi connectivity index (χ3n) is 3.66. The van der Waals surface area contributed by atoms with E-state index in [0.29, 0.717) is 6.04 Å². The molecule has 1 aliphatic rings. The van der Waals surface area contributed by atoms with Gasteiger partial charge < -0.3 is 5.11 Å². The van der Waals surface area contributed by atoms with Crippen LogP contribution in [0.2, 0.25) is 0 Å². The van der Waals surface area contributed by atoms with Crippen LogP contribution in [0.5, 0.6) is 0 Å². The Kier molecular flexibility index (Phi) is 5.18. The second-order valence-electron chi connectivity index (χ2n) is 4.88. The first-order valence-electron chi connectivity index (χ1n) is 6.33. The van der Waals surface area contributed by atoms with Crippen molar-refractivity contribution in [1.82, 2.24) is 14.7 Å². The number of aliphatic hydroxyl groups excluding tert-OH is 1. The average molecular weight is 229 g/mol. The highest BCUT2D eigenvalue weighted by molar-refractivity contribution is 5.01. The molecule has 4 nitrogen and oxygen atoms in total. The second-order valence-corrected chi connectivity index (χ2v) is 4.88. The summed E-state index contributed by atoms with van der Waals surface area (Å²) in [6.07, 6.45) is 0.902. The molecule has 3 unspecified atom stereocenters. The molecule has 3 atom stereocenters.